The molecule has 4 atom stereocenters. The molecule has 2 fully saturated rings. The van der Waals surface area contributed by atoms with Crippen molar-refractivity contribution in [2.75, 3.05) is 20.3 Å². The third-order valence-corrected chi connectivity index (χ3v) is 6.60. The Hall–Kier alpha value is -2.12. The lowest BCUT2D eigenvalue weighted by Crippen LogP contribution is -2.34. The van der Waals surface area contributed by atoms with Gasteiger partial charge in [0.2, 0.25) is 0 Å². The summed E-state index contributed by atoms with van der Waals surface area (Å²) in [6.07, 6.45) is -2.49. The van der Waals surface area contributed by atoms with E-state index in [1.165, 1.54) is 25.3 Å². The van der Waals surface area contributed by atoms with Gasteiger partial charge in [-0.2, -0.15) is 13.2 Å². The number of aliphatic hydroxyl groups is 1. The third-order valence-electron chi connectivity index (χ3n) is 6.60. The van der Waals surface area contributed by atoms with Gasteiger partial charge in [-0.1, -0.05) is 12.1 Å². The topological polar surface area (TPSA) is 38.7 Å². The van der Waals surface area contributed by atoms with Crippen LogP contribution >= 0.6 is 0 Å². The van der Waals surface area contributed by atoms with Crippen LogP contribution in [0.15, 0.2) is 42.5 Å². The van der Waals surface area contributed by atoms with Crippen molar-refractivity contribution in [1.29, 1.82) is 0 Å². The molecule has 2 aromatic rings. The van der Waals surface area contributed by atoms with Crippen LogP contribution < -0.4 is 4.74 Å². The van der Waals surface area contributed by atoms with E-state index >= 15 is 0 Å². The Morgan fingerprint density at radius 2 is 1.90 bits per heavy atom. The fraction of sp³-hybridized carbons (Fsp3) is 0.478. The van der Waals surface area contributed by atoms with Crippen molar-refractivity contribution in [2.45, 2.75) is 42.9 Å². The molecular weight excluding hydrogens is 400 g/mol. The Labute approximate surface area is 172 Å². The number of alkyl halides is 3. The van der Waals surface area contributed by atoms with Crippen LogP contribution in [0.3, 0.4) is 0 Å². The number of methoxy groups -OCH3 is 1. The molecule has 162 valence electrons. The molecule has 1 unspecified atom stereocenters. The average molecular weight is 424 g/mol. The van der Waals surface area contributed by atoms with Crippen LogP contribution in [0.1, 0.15) is 47.8 Å². The molecule has 30 heavy (non-hydrogen) atoms. The van der Waals surface area contributed by atoms with Crippen LogP contribution in [-0.4, -0.2) is 31.0 Å². The molecule has 1 saturated carbocycles. The molecule has 7 heteroatoms. The molecule has 1 spiro atoms. The third kappa shape index (κ3) is 3.69. The Bertz CT molecular complexity index is 896. The fourth-order valence-corrected chi connectivity index (χ4v) is 5.25. The SMILES string of the molecule is COc1ccc(C(F)(F)F)cc1[C@@H]1CO[C@]2(CC[C@H](CO)C2c2ccc(F)cc2)C1. The van der Waals surface area contributed by atoms with Gasteiger partial charge >= 0.3 is 6.18 Å². The number of rotatable bonds is 4. The second-order valence-electron chi connectivity index (χ2n) is 8.24. The van der Waals surface area contributed by atoms with Crippen LogP contribution in [0.4, 0.5) is 17.6 Å². The van der Waals surface area contributed by atoms with Crippen molar-refractivity contribution in [3.8, 4) is 5.75 Å². The Morgan fingerprint density at radius 1 is 1.17 bits per heavy atom. The van der Waals surface area contributed by atoms with E-state index in [9.17, 15) is 22.7 Å². The first-order valence-corrected chi connectivity index (χ1v) is 10.0. The minimum atomic E-state index is -4.44. The molecule has 1 aliphatic carbocycles. The van der Waals surface area contributed by atoms with Crippen LogP contribution in [0.25, 0.3) is 0 Å². The van der Waals surface area contributed by atoms with Gasteiger partial charge in [0.25, 0.3) is 0 Å². The smallest absolute Gasteiger partial charge is 0.416 e. The molecule has 2 aromatic carbocycles. The maximum absolute atomic E-state index is 13.4. The van der Waals surface area contributed by atoms with Gasteiger partial charge in [-0.3, -0.25) is 0 Å². The Kier molecular flexibility index (Phi) is 5.53. The molecule has 4 rings (SSSR count). The molecule has 2 aliphatic rings. The van der Waals surface area contributed by atoms with Crippen LogP contribution in [-0.2, 0) is 10.9 Å². The van der Waals surface area contributed by atoms with Gasteiger partial charge in [-0.15, -0.1) is 0 Å². The number of halogens is 4. The first-order chi connectivity index (χ1) is 14.3. The molecule has 1 aliphatic heterocycles. The molecule has 0 bridgehead atoms. The summed E-state index contributed by atoms with van der Waals surface area (Å²) in [5.74, 6) is -0.390. The van der Waals surface area contributed by atoms with Gasteiger partial charge in [0.05, 0.1) is 24.9 Å². The normalized spacial score (nSPS) is 28.9. The van der Waals surface area contributed by atoms with Gasteiger partial charge in [0.1, 0.15) is 11.6 Å². The molecule has 0 amide bonds. The minimum Gasteiger partial charge on any atom is -0.496 e. The summed E-state index contributed by atoms with van der Waals surface area (Å²) in [6, 6.07) is 9.71. The zero-order valence-electron chi connectivity index (χ0n) is 16.6. The number of benzene rings is 2. The van der Waals surface area contributed by atoms with Crippen molar-refractivity contribution >= 4 is 0 Å². The van der Waals surface area contributed by atoms with Crippen molar-refractivity contribution in [1.82, 2.24) is 0 Å². The summed E-state index contributed by atoms with van der Waals surface area (Å²) in [5, 5.41) is 9.91. The van der Waals surface area contributed by atoms with E-state index in [2.05, 4.69) is 0 Å². The second kappa shape index (κ2) is 7.85. The average Bonchev–Trinajstić information content (AvgIpc) is 3.31. The lowest BCUT2D eigenvalue weighted by Gasteiger charge is -2.33. The lowest BCUT2D eigenvalue weighted by molar-refractivity contribution is -0.137. The van der Waals surface area contributed by atoms with Crippen molar-refractivity contribution in [3.05, 3.63) is 65.0 Å². The molecule has 1 heterocycles. The number of ether oxygens (including phenoxy) is 2. The summed E-state index contributed by atoms with van der Waals surface area (Å²) in [5.41, 5.74) is 0.0443. The summed E-state index contributed by atoms with van der Waals surface area (Å²) >= 11 is 0. The van der Waals surface area contributed by atoms with E-state index in [1.807, 2.05) is 0 Å². The summed E-state index contributed by atoms with van der Waals surface area (Å²) in [6.45, 7) is 0.248. The highest BCUT2D eigenvalue weighted by atomic mass is 19.4. The maximum Gasteiger partial charge on any atom is 0.416 e. The van der Waals surface area contributed by atoms with Crippen LogP contribution in [0.2, 0.25) is 0 Å². The molecule has 1 N–H and O–H groups in total. The maximum atomic E-state index is 13.4. The molecule has 1 saturated heterocycles. The van der Waals surface area contributed by atoms with E-state index in [0.717, 1.165) is 24.1 Å². The zero-order valence-corrected chi connectivity index (χ0v) is 16.6. The van der Waals surface area contributed by atoms with Gasteiger partial charge in [0, 0.05) is 24.0 Å². The number of hydrogen-bond donors (Lipinski definition) is 1. The quantitative estimate of drug-likeness (QED) is 0.679. The van der Waals surface area contributed by atoms with E-state index in [0.29, 0.717) is 24.2 Å². The van der Waals surface area contributed by atoms with Gasteiger partial charge in [-0.05, 0) is 61.1 Å². The van der Waals surface area contributed by atoms with Gasteiger partial charge in [0.15, 0.2) is 0 Å². The summed E-state index contributed by atoms with van der Waals surface area (Å²) < 4.78 is 64.9. The number of hydrogen-bond acceptors (Lipinski definition) is 3. The predicted molar refractivity (Wildman–Crippen MR) is 103 cm³/mol. The molecule has 0 aromatic heterocycles. The van der Waals surface area contributed by atoms with Crippen molar-refractivity contribution in [3.63, 3.8) is 0 Å². The summed E-state index contributed by atoms with van der Waals surface area (Å²) in [4.78, 5) is 0. The van der Waals surface area contributed by atoms with E-state index in [-0.39, 0.29) is 36.8 Å². The van der Waals surface area contributed by atoms with Gasteiger partial charge < -0.3 is 14.6 Å². The van der Waals surface area contributed by atoms with Crippen molar-refractivity contribution < 1.29 is 32.1 Å². The highest BCUT2D eigenvalue weighted by Crippen LogP contribution is 2.57. The number of aliphatic hydroxyl groups excluding tert-OH is 1. The fourth-order valence-electron chi connectivity index (χ4n) is 5.25. The van der Waals surface area contributed by atoms with Crippen LogP contribution in [0, 0.1) is 11.7 Å². The van der Waals surface area contributed by atoms with E-state index in [4.69, 9.17) is 9.47 Å². The first-order valence-electron chi connectivity index (χ1n) is 10.0. The standard InChI is InChI=1S/C23H24F4O3/c1-29-20-7-4-17(23(25,26)27)10-19(20)16-11-22(30-13-16)9-8-15(12-28)21(22)14-2-5-18(24)6-3-14/h2-7,10,15-16,21,28H,8-9,11-13H2,1H3/t15-,16+,21?,22-/m1/s1. The highest BCUT2D eigenvalue weighted by Gasteiger charge is 2.54. The monoisotopic (exact) mass is 424 g/mol. The molecule has 0 radical (unpaired) electrons. The Morgan fingerprint density at radius 3 is 2.53 bits per heavy atom. The Balaban J connectivity index is 1.68. The lowest BCUT2D eigenvalue weighted by atomic mass is 9.76. The first kappa shape index (κ1) is 21.1. The molecular formula is C23H24F4O3. The summed E-state index contributed by atoms with van der Waals surface area (Å²) in [7, 11) is 1.44. The largest absolute Gasteiger partial charge is 0.496 e. The highest BCUT2D eigenvalue weighted by molar-refractivity contribution is 5.42. The van der Waals surface area contributed by atoms with E-state index < -0.39 is 17.3 Å². The van der Waals surface area contributed by atoms with E-state index in [1.54, 1.807) is 12.1 Å². The zero-order chi connectivity index (χ0) is 21.5. The van der Waals surface area contributed by atoms with Crippen molar-refractivity contribution in [2.24, 2.45) is 5.92 Å². The van der Waals surface area contributed by atoms with Crippen LogP contribution in [0.5, 0.6) is 5.75 Å². The van der Waals surface area contributed by atoms with Gasteiger partial charge in [-0.25, -0.2) is 4.39 Å². The predicted octanol–water partition coefficient (Wildman–Crippen LogP) is 5.28. The minimum absolute atomic E-state index is 0.0231. The molecule has 3 nitrogen and oxygen atoms in total. The second-order valence-corrected chi connectivity index (χ2v) is 8.24.